The van der Waals surface area contributed by atoms with Crippen molar-refractivity contribution in [1.29, 1.82) is 0 Å². The van der Waals surface area contributed by atoms with Crippen molar-refractivity contribution in [2.45, 2.75) is 69.7 Å². The van der Waals surface area contributed by atoms with Gasteiger partial charge in [-0.25, -0.2) is 8.42 Å². The second-order valence-corrected chi connectivity index (χ2v) is 14.9. The Morgan fingerprint density at radius 2 is 1.79 bits per heavy atom. The number of sulfonamides is 1. The molecule has 1 amide bonds. The Labute approximate surface area is 288 Å². The molecule has 1 aliphatic heterocycles. The lowest BCUT2D eigenvalue weighted by Crippen LogP contribution is -2.47. The van der Waals surface area contributed by atoms with Crippen molar-refractivity contribution in [3.8, 4) is 5.75 Å². The fourth-order valence-corrected chi connectivity index (χ4v) is 6.98. The lowest BCUT2D eigenvalue weighted by Gasteiger charge is -2.36. The Morgan fingerprint density at radius 3 is 2.49 bits per heavy atom. The summed E-state index contributed by atoms with van der Waals surface area (Å²) in [4.78, 5) is 18.2. The van der Waals surface area contributed by atoms with Crippen LogP contribution in [-0.2, 0) is 21.3 Å². The monoisotopic (exact) mass is 705 g/mol. The molecule has 12 heteroatoms. The standard InChI is InChI=1S/C35H45Cl2N3O6S/c1-24-20-40(25(2)23-41)35(42)30-19-28(38-47(43,44)29-11-6-5-7-12-29)14-16-33(30)46-26(3)10-8-9-17-45-34(24)22-39(4)21-27-13-15-31(36)32(37)18-27/h5-7,11-16,18-19,24-26,34,38,41H,8-10,17,20-23H2,1-4H3/t24-,25+,26+,34-/m0/s1. The number of aliphatic hydroxyl groups excluding tert-OH is 1. The minimum atomic E-state index is -3.90. The minimum Gasteiger partial charge on any atom is -0.490 e. The Balaban J connectivity index is 1.63. The summed E-state index contributed by atoms with van der Waals surface area (Å²) in [6.45, 7) is 7.59. The van der Waals surface area contributed by atoms with Gasteiger partial charge in [0.25, 0.3) is 15.9 Å². The van der Waals surface area contributed by atoms with Crippen LogP contribution >= 0.6 is 23.2 Å². The molecule has 2 N–H and O–H groups in total. The molecule has 256 valence electrons. The first-order valence-corrected chi connectivity index (χ1v) is 18.2. The predicted octanol–water partition coefficient (Wildman–Crippen LogP) is 6.72. The number of fused-ring (bicyclic) bond motifs is 1. The van der Waals surface area contributed by atoms with Gasteiger partial charge < -0.3 is 19.5 Å². The molecule has 4 rings (SSSR count). The van der Waals surface area contributed by atoms with Gasteiger partial charge in [-0.05, 0) is 88.2 Å². The highest BCUT2D eigenvalue weighted by Gasteiger charge is 2.30. The average Bonchev–Trinajstić information content (AvgIpc) is 3.04. The second-order valence-electron chi connectivity index (χ2n) is 12.4. The number of hydrogen-bond acceptors (Lipinski definition) is 7. The zero-order chi connectivity index (χ0) is 34.1. The number of aliphatic hydroxyl groups is 1. The predicted molar refractivity (Wildman–Crippen MR) is 187 cm³/mol. The molecule has 0 radical (unpaired) electrons. The normalized spacial score (nSPS) is 20.6. The third-order valence-corrected chi connectivity index (χ3v) is 10.4. The Hall–Kier alpha value is -2.86. The number of likely N-dealkylation sites (N-methyl/N-ethyl adjacent to an activating group) is 1. The Morgan fingerprint density at radius 1 is 1.04 bits per heavy atom. The van der Waals surface area contributed by atoms with Crippen LogP contribution in [0.3, 0.4) is 0 Å². The number of rotatable bonds is 9. The molecule has 1 heterocycles. The summed E-state index contributed by atoms with van der Waals surface area (Å²) < 4.78 is 41.5. The van der Waals surface area contributed by atoms with Crippen LogP contribution < -0.4 is 9.46 Å². The van der Waals surface area contributed by atoms with E-state index in [2.05, 4.69) is 9.62 Å². The summed E-state index contributed by atoms with van der Waals surface area (Å²) >= 11 is 12.4. The van der Waals surface area contributed by atoms with Gasteiger partial charge in [-0.2, -0.15) is 0 Å². The first-order chi connectivity index (χ1) is 22.4. The van der Waals surface area contributed by atoms with Crippen LogP contribution in [0.5, 0.6) is 5.75 Å². The molecule has 0 spiro atoms. The van der Waals surface area contributed by atoms with E-state index in [1.165, 1.54) is 18.2 Å². The van der Waals surface area contributed by atoms with Crippen LogP contribution in [-0.4, -0.2) is 80.8 Å². The first kappa shape index (κ1) is 37.0. The molecule has 0 bridgehead atoms. The Kier molecular flexibility index (Phi) is 13.4. The van der Waals surface area contributed by atoms with Crippen LogP contribution in [0.2, 0.25) is 10.0 Å². The maximum Gasteiger partial charge on any atom is 0.261 e. The van der Waals surface area contributed by atoms with Gasteiger partial charge >= 0.3 is 0 Å². The number of anilines is 1. The van der Waals surface area contributed by atoms with Gasteiger partial charge in [-0.15, -0.1) is 0 Å². The van der Waals surface area contributed by atoms with E-state index >= 15 is 0 Å². The maximum absolute atomic E-state index is 14.4. The van der Waals surface area contributed by atoms with Crippen LogP contribution in [0.15, 0.2) is 71.6 Å². The highest BCUT2D eigenvalue weighted by molar-refractivity contribution is 7.92. The van der Waals surface area contributed by atoms with E-state index < -0.39 is 16.1 Å². The second kappa shape index (κ2) is 17.0. The highest BCUT2D eigenvalue weighted by Crippen LogP contribution is 2.30. The third-order valence-electron chi connectivity index (χ3n) is 8.29. The summed E-state index contributed by atoms with van der Waals surface area (Å²) in [6, 6.07) is 17.8. The van der Waals surface area contributed by atoms with Crippen LogP contribution in [0.4, 0.5) is 5.69 Å². The van der Waals surface area contributed by atoms with Crippen molar-refractivity contribution in [3.05, 3.63) is 87.9 Å². The van der Waals surface area contributed by atoms with Gasteiger partial charge in [0.15, 0.2) is 0 Å². The van der Waals surface area contributed by atoms with Crippen LogP contribution in [0.25, 0.3) is 0 Å². The number of nitrogens with zero attached hydrogens (tertiary/aromatic N) is 2. The van der Waals surface area contributed by atoms with Crippen LogP contribution in [0.1, 0.15) is 56.0 Å². The molecule has 4 atom stereocenters. The molecular formula is C35H45Cl2N3O6S. The number of halogens is 2. The van der Waals surface area contributed by atoms with E-state index in [-0.39, 0.29) is 46.8 Å². The quantitative estimate of drug-likeness (QED) is 0.254. The largest absolute Gasteiger partial charge is 0.490 e. The molecule has 0 aromatic heterocycles. The van der Waals surface area contributed by atoms with Crippen molar-refractivity contribution < 1.29 is 27.8 Å². The van der Waals surface area contributed by atoms with Gasteiger partial charge in [0.05, 0.1) is 45.4 Å². The lowest BCUT2D eigenvalue weighted by molar-refractivity contribution is -0.0177. The summed E-state index contributed by atoms with van der Waals surface area (Å²) in [6.07, 6.45) is 2.04. The third kappa shape index (κ3) is 10.3. The van der Waals surface area contributed by atoms with Crippen molar-refractivity contribution >= 4 is 44.8 Å². The fourth-order valence-electron chi connectivity index (χ4n) is 5.58. The minimum absolute atomic E-state index is 0.107. The molecule has 0 fully saturated rings. The van der Waals surface area contributed by atoms with Gasteiger partial charge in [0.2, 0.25) is 0 Å². The van der Waals surface area contributed by atoms with Gasteiger partial charge in [0.1, 0.15) is 5.75 Å². The fraction of sp³-hybridized carbons (Fsp3) is 0.457. The van der Waals surface area contributed by atoms with E-state index in [0.29, 0.717) is 42.0 Å². The van der Waals surface area contributed by atoms with Crippen LogP contribution in [0, 0.1) is 5.92 Å². The summed E-state index contributed by atoms with van der Waals surface area (Å²) in [5.41, 5.74) is 1.46. The molecule has 3 aromatic rings. The molecule has 0 saturated carbocycles. The summed E-state index contributed by atoms with van der Waals surface area (Å²) in [5.74, 6) is -0.129. The number of nitrogens with one attached hydrogen (secondary N) is 1. The molecule has 0 unspecified atom stereocenters. The van der Waals surface area contributed by atoms with E-state index in [0.717, 1.165) is 24.8 Å². The van der Waals surface area contributed by atoms with Crippen molar-refractivity contribution in [1.82, 2.24) is 9.80 Å². The van der Waals surface area contributed by atoms with E-state index in [1.807, 2.05) is 33.0 Å². The molecule has 47 heavy (non-hydrogen) atoms. The molecule has 9 nitrogen and oxygen atoms in total. The van der Waals surface area contributed by atoms with Gasteiger partial charge in [-0.1, -0.05) is 54.4 Å². The zero-order valence-corrected chi connectivity index (χ0v) is 29.7. The average molecular weight is 707 g/mol. The Bertz CT molecular complexity index is 1590. The van der Waals surface area contributed by atoms with E-state index in [9.17, 15) is 18.3 Å². The number of hydrogen-bond donors (Lipinski definition) is 2. The zero-order valence-electron chi connectivity index (χ0n) is 27.4. The number of benzene rings is 3. The molecule has 0 saturated heterocycles. The number of ether oxygens (including phenoxy) is 2. The maximum atomic E-state index is 14.4. The summed E-state index contributed by atoms with van der Waals surface area (Å²) in [5, 5.41) is 11.2. The van der Waals surface area contributed by atoms with Crippen molar-refractivity contribution in [3.63, 3.8) is 0 Å². The van der Waals surface area contributed by atoms with Gasteiger partial charge in [0, 0.05) is 37.8 Å². The highest BCUT2D eigenvalue weighted by atomic mass is 35.5. The van der Waals surface area contributed by atoms with Crippen molar-refractivity contribution in [2.24, 2.45) is 5.92 Å². The number of carbonyl (C=O) groups excluding carboxylic acids is 1. The molecule has 3 aromatic carbocycles. The molecule has 0 aliphatic carbocycles. The van der Waals surface area contributed by atoms with E-state index in [1.54, 1.807) is 48.2 Å². The first-order valence-electron chi connectivity index (χ1n) is 15.9. The van der Waals surface area contributed by atoms with E-state index in [4.69, 9.17) is 32.7 Å². The summed E-state index contributed by atoms with van der Waals surface area (Å²) in [7, 11) is -1.89. The lowest BCUT2D eigenvalue weighted by atomic mass is 10.0. The number of carbonyl (C=O) groups is 1. The van der Waals surface area contributed by atoms with Gasteiger partial charge in [-0.3, -0.25) is 14.4 Å². The smallest absolute Gasteiger partial charge is 0.261 e. The van der Waals surface area contributed by atoms with Crippen molar-refractivity contribution in [2.75, 3.05) is 38.1 Å². The topological polar surface area (TPSA) is 108 Å². The number of amides is 1. The molecular weight excluding hydrogens is 661 g/mol. The molecule has 1 aliphatic rings. The SMILES string of the molecule is C[C@@H]1CCCCO[C@@H](CN(C)Cc2ccc(Cl)c(Cl)c2)[C@@H](C)CN([C@H](C)CO)C(=O)c2cc(NS(=O)(=O)c3ccccc3)ccc2O1.